The molecule has 168 valence electrons. The number of carbonyl (C=O) groups is 1. The van der Waals surface area contributed by atoms with Crippen molar-refractivity contribution in [2.45, 2.75) is 18.8 Å². The summed E-state index contributed by atoms with van der Waals surface area (Å²) in [6.45, 7) is 3.22. The molecule has 0 radical (unpaired) electrons. The summed E-state index contributed by atoms with van der Waals surface area (Å²) in [7, 11) is 1.58. The number of ether oxygens (including phenoxy) is 2. The number of methoxy groups -OCH3 is 1. The largest absolute Gasteiger partial charge is 0.416 e. The predicted octanol–water partition coefficient (Wildman–Crippen LogP) is 3.70. The quantitative estimate of drug-likeness (QED) is 0.633. The first-order chi connectivity index (χ1) is 14.9. The van der Waals surface area contributed by atoms with E-state index in [1.807, 2.05) is 18.2 Å². The monoisotopic (exact) mass is 436 g/mol. The molecule has 8 heteroatoms. The zero-order valence-electron chi connectivity index (χ0n) is 17.5. The number of benzene rings is 2. The Bertz CT molecular complexity index is 845. The molecule has 2 aromatic carbocycles. The van der Waals surface area contributed by atoms with Crippen molar-refractivity contribution in [1.82, 2.24) is 9.80 Å². The van der Waals surface area contributed by atoms with Gasteiger partial charge in [0.25, 0.3) is 5.91 Å². The van der Waals surface area contributed by atoms with E-state index in [1.165, 1.54) is 12.1 Å². The molecule has 1 aliphatic heterocycles. The first kappa shape index (κ1) is 23.2. The SMILES string of the molecule is COCCN(CC1CN(Cc2cccc(C(F)(F)F)c2)CCO1)C(=O)c1ccccc1. The van der Waals surface area contributed by atoms with Gasteiger partial charge in [0, 0.05) is 45.4 Å². The summed E-state index contributed by atoms with van der Waals surface area (Å²) >= 11 is 0. The van der Waals surface area contributed by atoms with Gasteiger partial charge in [-0.25, -0.2) is 0 Å². The van der Waals surface area contributed by atoms with Gasteiger partial charge in [-0.1, -0.05) is 36.4 Å². The van der Waals surface area contributed by atoms with E-state index in [0.29, 0.717) is 57.1 Å². The first-order valence-corrected chi connectivity index (χ1v) is 10.2. The Kier molecular flexibility index (Phi) is 8.06. The van der Waals surface area contributed by atoms with Gasteiger partial charge in [-0.3, -0.25) is 9.69 Å². The van der Waals surface area contributed by atoms with Gasteiger partial charge in [0.1, 0.15) is 0 Å². The molecule has 5 nitrogen and oxygen atoms in total. The summed E-state index contributed by atoms with van der Waals surface area (Å²) in [6, 6.07) is 14.4. The minimum atomic E-state index is -4.36. The molecular formula is C23H27F3N2O3. The molecule has 1 amide bonds. The Morgan fingerprint density at radius 1 is 1.19 bits per heavy atom. The number of carbonyl (C=O) groups excluding carboxylic acids is 1. The number of morpholine rings is 1. The van der Waals surface area contributed by atoms with Crippen LogP contribution >= 0.6 is 0 Å². The second-order valence-corrected chi connectivity index (χ2v) is 7.54. The molecule has 1 unspecified atom stereocenters. The molecule has 1 saturated heterocycles. The molecule has 0 N–H and O–H groups in total. The second-order valence-electron chi connectivity index (χ2n) is 7.54. The van der Waals surface area contributed by atoms with Crippen molar-refractivity contribution in [3.05, 3.63) is 71.3 Å². The highest BCUT2D eigenvalue weighted by Gasteiger charge is 2.31. The van der Waals surface area contributed by atoms with E-state index in [9.17, 15) is 18.0 Å². The Balaban J connectivity index is 1.64. The van der Waals surface area contributed by atoms with Crippen molar-refractivity contribution in [1.29, 1.82) is 0 Å². The van der Waals surface area contributed by atoms with Gasteiger partial charge in [0.2, 0.25) is 0 Å². The number of hydrogen-bond acceptors (Lipinski definition) is 4. The third-order valence-corrected chi connectivity index (χ3v) is 5.18. The molecule has 31 heavy (non-hydrogen) atoms. The lowest BCUT2D eigenvalue weighted by Gasteiger charge is -2.36. The van der Waals surface area contributed by atoms with Crippen molar-refractivity contribution in [3.63, 3.8) is 0 Å². The predicted molar refractivity (Wildman–Crippen MR) is 111 cm³/mol. The lowest BCUT2D eigenvalue weighted by atomic mass is 10.1. The van der Waals surface area contributed by atoms with Crippen molar-refractivity contribution >= 4 is 5.91 Å². The third kappa shape index (κ3) is 6.78. The fraction of sp³-hybridized carbons (Fsp3) is 0.435. The molecule has 1 fully saturated rings. The Hall–Kier alpha value is -2.42. The lowest BCUT2D eigenvalue weighted by molar-refractivity contribution is -0.137. The highest BCUT2D eigenvalue weighted by molar-refractivity contribution is 5.94. The number of rotatable bonds is 8. The maximum Gasteiger partial charge on any atom is 0.416 e. The van der Waals surface area contributed by atoms with Gasteiger partial charge in [-0.05, 0) is 23.8 Å². The van der Waals surface area contributed by atoms with Crippen molar-refractivity contribution in [2.24, 2.45) is 0 Å². The van der Waals surface area contributed by atoms with E-state index in [0.717, 1.165) is 6.07 Å². The van der Waals surface area contributed by atoms with Crippen LogP contribution in [-0.4, -0.2) is 68.3 Å². The van der Waals surface area contributed by atoms with Crippen molar-refractivity contribution in [3.8, 4) is 0 Å². The highest BCUT2D eigenvalue weighted by atomic mass is 19.4. The summed E-state index contributed by atoms with van der Waals surface area (Å²) in [5, 5.41) is 0. The van der Waals surface area contributed by atoms with Gasteiger partial charge in [0.15, 0.2) is 0 Å². The second kappa shape index (κ2) is 10.7. The number of halogens is 3. The van der Waals surface area contributed by atoms with Crippen molar-refractivity contribution in [2.75, 3.05) is 46.5 Å². The van der Waals surface area contributed by atoms with Crippen LogP contribution in [0.3, 0.4) is 0 Å². The molecule has 0 aromatic heterocycles. The van der Waals surface area contributed by atoms with E-state index in [1.54, 1.807) is 30.2 Å². The van der Waals surface area contributed by atoms with Gasteiger partial charge < -0.3 is 14.4 Å². The van der Waals surface area contributed by atoms with Crippen molar-refractivity contribution < 1.29 is 27.4 Å². The highest BCUT2D eigenvalue weighted by Crippen LogP contribution is 2.29. The fourth-order valence-corrected chi connectivity index (χ4v) is 3.63. The fourth-order valence-electron chi connectivity index (χ4n) is 3.63. The summed E-state index contributed by atoms with van der Waals surface area (Å²) in [5.74, 6) is -0.101. The molecule has 0 bridgehead atoms. The number of alkyl halides is 3. The summed E-state index contributed by atoms with van der Waals surface area (Å²) in [5.41, 5.74) is 0.552. The number of amides is 1. The minimum Gasteiger partial charge on any atom is -0.383 e. The van der Waals surface area contributed by atoms with Crippen LogP contribution in [0.2, 0.25) is 0 Å². The van der Waals surface area contributed by atoms with Crippen LogP contribution in [0.15, 0.2) is 54.6 Å². The maximum absolute atomic E-state index is 13.0. The zero-order chi connectivity index (χ0) is 22.3. The molecular weight excluding hydrogens is 409 g/mol. The van der Waals surface area contributed by atoms with Crippen LogP contribution in [0.25, 0.3) is 0 Å². The van der Waals surface area contributed by atoms with Gasteiger partial charge in [-0.15, -0.1) is 0 Å². The molecule has 0 spiro atoms. The molecule has 1 heterocycles. The standard InChI is InChI=1S/C23H27F3N2O3/c1-30-12-11-28(22(29)19-7-3-2-4-8-19)17-21-16-27(10-13-31-21)15-18-6-5-9-20(14-18)23(24,25)26/h2-9,14,21H,10-13,15-17H2,1H3. The van der Waals surface area contributed by atoms with E-state index >= 15 is 0 Å². The van der Waals surface area contributed by atoms with Gasteiger partial charge >= 0.3 is 6.18 Å². The molecule has 2 aromatic rings. The van der Waals surface area contributed by atoms with E-state index in [2.05, 4.69) is 4.90 Å². The first-order valence-electron chi connectivity index (χ1n) is 10.2. The average molecular weight is 436 g/mol. The van der Waals surface area contributed by atoms with Crippen LogP contribution < -0.4 is 0 Å². The van der Waals surface area contributed by atoms with E-state index in [4.69, 9.17) is 9.47 Å². The van der Waals surface area contributed by atoms with Crippen LogP contribution in [0, 0.1) is 0 Å². The Morgan fingerprint density at radius 2 is 1.97 bits per heavy atom. The Labute approximate surface area is 180 Å². The van der Waals surface area contributed by atoms with E-state index < -0.39 is 11.7 Å². The maximum atomic E-state index is 13.0. The summed E-state index contributed by atoms with van der Waals surface area (Å²) < 4.78 is 50.0. The molecule has 3 rings (SSSR count). The average Bonchev–Trinajstić information content (AvgIpc) is 2.76. The van der Waals surface area contributed by atoms with Crippen LogP contribution in [0.1, 0.15) is 21.5 Å². The van der Waals surface area contributed by atoms with Gasteiger partial charge in [0.05, 0.1) is 24.9 Å². The normalized spacial score (nSPS) is 17.5. The molecule has 1 aliphatic rings. The van der Waals surface area contributed by atoms with Crippen LogP contribution in [0.5, 0.6) is 0 Å². The van der Waals surface area contributed by atoms with Crippen LogP contribution in [-0.2, 0) is 22.2 Å². The number of hydrogen-bond donors (Lipinski definition) is 0. The molecule has 1 atom stereocenters. The summed E-state index contributed by atoms with van der Waals surface area (Å²) in [4.78, 5) is 16.7. The summed E-state index contributed by atoms with van der Waals surface area (Å²) in [6.07, 6.45) is -4.59. The minimum absolute atomic E-state index is 0.101. The molecule has 0 saturated carbocycles. The molecule has 0 aliphatic carbocycles. The zero-order valence-corrected chi connectivity index (χ0v) is 17.5. The lowest BCUT2D eigenvalue weighted by Crippen LogP contribution is -2.49. The van der Waals surface area contributed by atoms with Crippen LogP contribution in [0.4, 0.5) is 13.2 Å². The van der Waals surface area contributed by atoms with E-state index in [-0.39, 0.29) is 12.0 Å². The number of nitrogens with zero attached hydrogens (tertiary/aromatic N) is 2. The van der Waals surface area contributed by atoms with Gasteiger partial charge in [-0.2, -0.15) is 13.2 Å². The topological polar surface area (TPSA) is 42.0 Å². The Morgan fingerprint density at radius 3 is 2.68 bits per heavy atom. The smallest absolute Gasteiger partial charge is 0.383 e. The third-order valence-electron chi connectivity index (χ3n) is 5.18.